The Labute approximate surface area is 213 Å². The van der Waals surface area contributed by atoms with Crippen molar-refractivity contribution in [2.45, 2.75) is 38.3 Å². The molecule has 1 unspecified atom stereocenters. The fourth-order valence-corrected chi connectivity index (χ4v) is 4.01. The summed E-state index contributed by atoms with van der Waals surface area (Å²) in [4.78, 5) is 23.9. The number of carboxylic acids is 1. The highest BCUT2D eigenvalue weighted by atomic mass is 16.6. The number of rotatable bonds is 6. The number of nitrogens with zero attached hydrogens (tertiary/aromatic N) is 1. The summed E-state index contributed by atoms with van der Waals surface area (Å²) in [7, 11) is 0. The van der Waals surface area contributed by atoms with Crippen LogP contribution in [-0.4, -0.2) is 27.9 Å². The Morgan fingerprint density at radius 3 is 2.51 bits per heavy atom. The van der Waals surface area contributed by atoms with Crippen LogP contribution in [0.3, 0.4) is 0 Å². The van der Waals surface area contributed by atoms with E-state index in [9.17, 15) is 14.7 Å². The molecule has 3 aromatic carbocycles. The van der Waals surface area contributed by atoms with Crippen molar-refractivity contribution < 1.29 is 24.0 Å². The van der Waals surface area contributed by atoms with Gasteiger partial charge in [0.1, 0.15) is 23.0 Å². The van der Waals surface area contributed by atoms with Gasteiger partial charge in [-0.1, -0.05) is 53.5 Å². The van der Waals surface area contributed by atoms with Gasteiger partial charge in [0.05, 0.1) is 0 Å². The maximum absolute atomic E-state index is 12.5. The fraction of sp³-hybridized carbons (Fsp3) is 0.207. The van der Waals surface area contributed by atoms with Crippen molar-refractivity contribution in [3.05, 3.63) is 89.3 Å². The number of aliphatic carboxylic acids is 1. The highest BCUT2D eigenvalue weighted by Gasteiger charge is 2.50. The van der Waals surface area contributed by atoms with E-state index in [1.54, 1.807) is 13.8 Å². The summed E-state index contributed by atoms with van der Waals surface area (Å²) in [5, 5.41) is 21.1. The van der Waals surface area contributed by atoms with E-state index in [4.69, 9.17) is 9.26 Å². The number of carboxylic acid groups (broad SMARTS) is 1. The molecule has 1 atom stereocenters. The molecule has 186 valence electrons. The fourth-order valence-electron chi connectivity index (χ4n) is 4.01. The third-order valence-electron chi connectivity index (χ3n) is 6.35. The van der Waals surface area contributed by atoms with Gasteiger partial charge in [-0.15, -0.1) is 0 Å². The van der Waals surface area contributed by atoms with Crippen LogP contribution in [0.15, 0.2) is 71.3 Å². The first kappa shape index (κ1) is 23.9. The van der Waals surface area contributed by atoms with E-state index in [0.29, 0.717) is 24.2 Å². The third-order valence-corrected chi connectivity index (χ3v) is 6.35. The van der Waals surface area contributed by atoms with Crippen molar-refractivity contribution in [3.8, 4) is 11.8 Å². The third kappa shape index (κ3) is 5.26. The molecule has 1 aromatic heterocycles. The predicted molar refractivity (Wildman–Crippen MR) is 139 cm³/mol. The summed E-state index contributed by atoms with van der Waals surface area (Å²) >= 11 is 0. The van der Waals surface area contributed by atoms with Crippen LogP contribution >= 0.6 is 0 Å². The lowest BCUT2D eigenvalue weighted by molar-refractivity contribution is -0.138. The van der Waals surface area contributed by atoms with Crippen molar-refractivity contribution in [2.24, 2.45) is 0 Å². The lowest BCUT2D eigenvalue weighted by Crippen LogP contribution is -2.31. The van der Waals surface area contributed by atoms with Crippen molar-refractivity contribution in [1.29, 1.82) is 0 Å². The topological polar surface area (TPSA) is 114 Å². The minimum absolute atomic E-state index is 0.227. The molecule has 0 saturated heterocycles. The number of ether oxygens (including phenoxy) is 1. The quantitative estimate of drug-likeness (QED) is 0.287. The minimum Gasteiger partial charge on any atom is -0.480 e. The molecule has 5 rings (SSSR count). The number of carbonyl (C=O) groups is 2. The Morgan fingerprint density at radius 1 is 1.05 bits per heavy atom. The number of carbonyl (C=O) groups excluding carboxylic acids is 1. The van der Waals surface area contributed by atoms with Crippen molar-refractivity contribution >= 4 is 34.2 Å². The smallest absolute Gasteiger partial charge is 0.412 e. The van der Waals surface area contributed by atoms with Crippen LogP contribution in [0.1, 0.15) is 48.5 Å². The molecule has 4 aromatic rings. The van der Waals surface area contributed by atoms with E-state index >= 15 is 0 Å². The van der Waals surface area contributed by atoms with Gasteiger partial charge in [-0.3, -0.25) is 5.32 Å². The number of amides is 1. The molecule has 3 N–H and O–H groups in total. The molecule has 8 heteroatoms. The van der Waals surface area contributed by atoms with Gasteiger partial charge in [0, 0.05) is 11.3 Å². The Bertz CT molecular complexity index is 1540. The van der Waals surface area contributed by atoms with Gasteiger partial charge in [0.25, 0.3) is 0 Å². The molecule has 8 nitrogen and oxygen atoms in total. The van der Waals surface area contributed by atoms with Gasteiger partial charge in [0.2, 0.25) is 5.76 Å². The number of hydrogen-bond acceptors (Lipinski definition) is 6. The molecule has 1 amide bonds. The predicted octanol–water partition coefficient (Wildman–Crippen LogP) is 5.87. The maximum Gasteiger partial charge on any atom is 0.412 e. The summed E-state index contributed by atoms with van der Waals surface area (Å²) in [5.74, 6) is 5.40. The summed E-state index contributed by atoms with van der Waals surface area (Å²) in [6.07, 6.45) is 0.188. The van der Waals surface area contributed by atoms with Gasteiger partial charge in [-0.25, -0.2) is 9.59 Å². The second-order valence-electron chi connectivity index (χ2n) is 9.09. The van der Waals surface area contributed by atoms with Crippen molar-refractivity contribution in [2.75, 3.05) is 10.6 Å². The van der Waals surface area contributed by atoms with Crippen LogP contribution in [0.2, 0.25) is 0 Å². The van der Waals surface area contributed by atoms with E-state index in [1.165, 1.54) is 0 Å². The van der Waals surface area contributed by atoms with Gasteiger partial charge in [-0.05, 0) is 73.2 Å². The second-order valence-corrected chi connectivity index (χ2v) is 9.09. The molecular formula is C29H25N3O5. The Kier molecular flexibility index (Phi) is 6.28. The number of anilines is 2. The first-order chi connectivity index (χ1) is 17.8. The lowest BCUT2D eigenvalue weighted by Gasteiger charge is -2.14. The first-order valence-corrected chi connectivity index (χ1v) is 11.9. The normalized spacial score (nSPS) is 14.2. The van der Waals surface area contributed by atoms with Crippen LogP contribution < -0.4 is 10.6 Å². The zero-order valence-corrected chi connectivity index (χ0v) is 20.4. The van der Waals surface area contributed by atoms with E-state index in [2.05, 4.69) is 27.6 Å². The van der Waals surface area contributed by atoms with Gasteiger partial charge >= 0.3 is 12.1 Å². The monoisotopic (exact) mass is 495 g/mol. The maximum atomic E-state index is 12.5. The zero-order chi connectivity index (χ0) is 26.0. The molecule has 1 aliphatic rings. The molecule has 0 aliphatic heterocycles. The summed E-state index contributed by atoms with van der Waals surface area (Å²) in [5.41, 5.74) is 2.41. The van der Waals surface area contributed by atoms with E-state index in [0.717, 1.165) is 27.6 Å². The molecule has 0 radical (unpaired) electrons. The van der Waals surface area contributed by atoms with Gasteiger partial charge in [-0.2, -0.15) is 0 Å². The Morgan fingerprint density at radius 2 is 1.78 bits per heavy atom. The molecule has 0 spiro atoms. The van der Waals surface area contributed by atoms with Crippen molar-refractivity contribution in [1.82, 2.24) is 5.16 Å². The zero-order valence-electron chi connectivity index (χ0n) is 20.4. The van der Waals surface area contributed by atoms with E-state index < -0.39 is 23.7 Å². The molecule has 1 heterocycles. The summed E-state index contributed by atoms with van der Waals surface area (Å²) in [6, 6.07) is 20.9. The highest BCUT2D eigenvalue weighted by molar-refractivity contribution is 5.90. The van der Waals surface area contributed by atoms with Gasteiger partial charge in [0.15, 0.2) is 0 Å². The molecule has 1 saturated carbocycles. The first-order valence-electron chi connectivity index (χ1n) is 11.9. The van der Waals surface area contributed by atoms with Crippen molar-refractivity contribution in [3.63, 3.8) is 0 Å². The van der Waals surface area contributed by atoms with E-state index in [-0.39, 0.29) is 5.76 Å². The SMILES string of the molecule is Cc1noc(C#Cc2ccc3cc(NC4(C(=O)O)CC4)ccc3c2)c1NC(=O)OC(C)c1ccccc1. The van der Waals surface area contributed by atoms with Gasteiger partial charge < -0.3 is 19.7 Å². The number of aromatic nitrogens is 1. The molecule has 1 aliphatic carbocycles. The second kappa shape index (κ2) is 9.70. The molecule has 0 bridgehead atoms. The van der Waals surface area contributed by atoms with Crippen LogP contribution in [0, 0.1) is 18.8 Å². The van der Waals surface area contributed by atoms with Crippen LogP contribution in [-0.2, 0) is 9.53 Å². The lowest BCUT2D eigenvalue weighted by atomic mass is 10.1. The number of nitrogens with one attached hydrogen (secondary N) is 2. The molecule has 37 heavy (non-hydrogen) atoms. The van der Waals surface area contributed by atoms with Crippen LogP contribution in [0.25, 0.3) is 10.8 Å². The summed E-state index contributed by atoms with van der Waals surface area (Å²) in [6.45, 7) is 3.51. The molecular weight excluding hydrogens is 470 g/mol. The van der Waals surface area contributed by atoms with Crippen LogP contribution in [0.4, 0.5) is 16.2 Å². The summed E-state index contributed by atoms with van der Waals surface area (Å²) < 4.78 is 10.8. The number of aryl methyl sites for hydroxylation is 1. The Balaban J connectivity index is 1.29. The average molecular weight is 496 g/mol. The number of fused-ring (bicyclic) bond motifs is 1. The number of hydrogen-bond donors (Lipinski definition) is 3. The molecule has 1 fully saturated rings. The Hall–Kier alpha value is -4.77. The average Bonchev–Trinajstić information content (AvgIpc) is 3.61. The van der Waals surface area contributed by atoms with Crippen LogP contribution in [0.5, 0.6) is 0 Å². The highest BCUT2D eigenvalue weighted by Crippen LogP contribution is 2.39. The minimum atomic E-state index is -0.841. The number of benzene rings is 3. The van der Waals surface area contributed by atoms with E-state index in [1.807, 2.05) is 66.7 Å². The standard InChI is InChI=1S/C29H25N3O5/c1-18-26(30-28(35)36-19(2)21-6-4-3-5-7-21)25(37-32-18)13-9-20-8-10-23-17-24(12-11-22(23)16-20)31-29(14-15-29)27(33)34/h3-8,10-12,16-17,19,31H,14-15H2,1-2H3,(H,30,35)(H,33,34). The largest absolute Gasteiger partial charge is 0.480 e.